The van der Waals surface area contributed by atoms with Crippen molar-refractivity contribution in [2.75, 3.05) is 5.32 Å². The minimum atomic E-state index is -0.520. The highest BCUT2D eigenvalue weighted by atomic mass is 19.1. The molecule has 2 aliphatic heterocycles. The van der Waals surface area contributed by atoms with E-state index in [2.05, 4.69) is 37.4 Å². The van der Waals surface area contributed by atoms with Crippen LogP contribution in [0.5, 0.6) is 0 Å². The van der Waals surface area contributed by atoms with Crippen LogP contribution in [-0.2, 0) is 5.54 Å². The number of amides is 2. The second-order valence-electron chi connectivity index (χ2n) is 8.46. The van der Waals surface area contributed by atoms with Crippen molar-refractivity contribution in [3.8, 4) is 11.4 Å². The lowest BCUT2D eigenvalue weighted by molar-refractivity contribution is -0.101. The van der Waals surface area contributed by atoms with Gasteiger partial charge in [0.2, 0.25) is 0 Å². The highest BCUT2D eigenvalue weighted by Crippen LogP contribution is 2.54. The average molecular weight is 419 g/mol. The molecule has 0 radical (unpaired) electrons. The number of anilines is 1. The lowest BCUT2D eigenvalue weighted by atomic mass is 9.64. The number of urea groups is 1. The average Bonchev–Trinajstić information content (AvgIpc) is 2.76. The number of aromatic nitrogens is 5. The zero-order chi connectivity index (χ0) is 21.6. The summed E-state index contributed by atoms with van der Waals surface area (Å²) in [6.45, 7) is 4.12. The van der Waals surface area contributed by atoms with Crippen molar-refractivity contribution < 1.29 is 9.18 Å². The zero-order valence-electron chi connectivity index (χ0n) is 17.3. The van der Waals surface area contributed by atoms with E-state index in [4.69, 9.17) is 0 Å². The van der Waals surface area contributed by atoms with Crippen LogP contribution in [0.15, 0.2) is 43.0 Å². The molecular formula is C22H22FN7O. The fourth-order valence-electron chi connectivity index (χ4n) is 5.00. The normalized spacial score (nSPS) is 24.4. The number of carbonyl (C=O) groups is 1. The molecule has 9 heteroatoms. The zero-order valence-corrected chi connectivity index (χ0v) is 17.3. The predicted molar refractivity (Wildman–Crippen MR) is 111 cm³/mol. The smallest absolute Gasteiger partial charge is 0.308 e. The van der Waals surface area contributed by atoms with E-state index < -0.39 is 11.4 Å². The lowest BCUT2D eigenvalue weighted by Gasteiger charge is -2.62. The topological polar surface area (TPSA) is 96.8 Å². The molecule has 4 heterocycles. The van der Waals surface area contributed by atoms with Crippen LogP contribution < -0.4 is 5.32 Å². The molecule has 2 bridgehead atoms. The Labute approximate surface area is 179 Å². The number of piperidine rings is 1. The summed E-state index contributed by atoms with van der Waals surface area (Å²) in [6, 6.07) is 5.50. The van der Waals surface area contributed by atoms with Gasteiger partial charge < -0.3 is 10.2 Å². The molecule has 2 aliphatic rings. The van der Waals surface area contributed by atoms with Crippen LogP contribution in [0.3, 0.4) is 0 Å². The number of hydrogen-bond donors (Lipinski definition) is 1. The molecule has 3 aromatic rings. The number of rotatable bonds is 3. The maximum atomic E-state index is 13.3. The largest absolute Gasteiger partial charge is 0.322 e. The molecule has 5 rings (SSSR count). The molecule has 0 aliphatic carbocycles. The van der Waals surface area contributed by atoms with E-state index in [0.29, 0.717) is 23.3 Å². The summed E-state index contributed by atoms with van der Waals surface area (Å²) in [5.74, 6) is 0.989. The number of nitrogens with one attached hydrogen (secondary N) is 1. The maximum absolute atomic E-state index is 13.3. The first-order chi connectivity index (χ1) is 15.0. The SMILES string of the molecule is Cc1ccc(NC(=O)N2C3C[C@H](C)CC2(c2nccnn2)C3)cc1-c1ncc(F)cn1. The van der Waals surface area contributed by atoms with Crippen molar-refractivity contribution in [1.29, 1.82) is 0 Å². The lowest BCUT2D eigenvalue weighted by Crippen LogP contribution is -2.70. The molecule has 2 unspecified atom stereocenters. The minimum absolute atomic E-state index is 0.151. The molecule has 158 valence electrons. The minimum Gasteiger partial charge on any atom is -0.308 e. The molecule has 2 aromatic heterocycles. The van der Waals surface area contributed by atoms with Crippen LogP contribution >= 0.6 is 0 Å². The molecule has 2 amide bonds. The van der Waals surface area contributed by atoms with E-state index in [1.807, 2.05) is 30.0 Å². The van der Waals surface area contributed by atoms with E-state index in [1.54, 1.807) is 6.20 Å². The number of carbonyl (C=O) groups excluding carboxylic acids is 1. The standard InChI is InChI=1S/C22H22FN7O/c1-13-7-17-10-22(9-13,20-24-5-6-27-29-20)30(17)21(31)28-16-4-3-14(2)18(8-16)19-25-11-15(23)12-26-19/h3-6,8,11-13,17H,7,9-10H2,1-2H3,(H,28,31)/t13-,17?,22?/m0/s1. The molecule has 0 spiro atoms. The summed E-state index contributed by atoms with van der Waals surface area (Å²) in [7, 11) is 0. The van der Waals surface area contributed by atoms with Gasteiger partial charge in [0, 0.05) is 23.5 Å². The summed E-state index contributed by atoms with van der Waals surface area (Å²) < 4.78 is 13.2. The highest BCUT2D eigenvalue weighted by Gasteiger charge is 2.61. The van der Waals surface area contributed by atoms with Gasteiger partial charge in [-0.2, -0.15) is 5.10 Å². The Morgan fingerprint density at radius 3 is 2.74 bits per heavy atom. The van der Waals surface area contributed by atoms with Crippen molar-refractivity contribution in [3.05, 3.63) is 60.2 Å². The second-order valence-corrected chi connectivity index (χ2v) is 8.46. The molecule has 8 nitrogen and oxygen atoms in total. The number of benzene rings is 1. The molecule has 31 heavy (non-hydrogen) atoms. The Balaban J connectivity index is 1.42. The van der Waals surface area contributed by atoms with Gasteiger partial charge in [-0.1, -0.05) is 13.0 Å². The number of aryl methyl sites for hydroxylation is 1. The van der Waals surface area contributed by atoms with E-state index in [0.717, 1.165) is 42.8 Å². The van der Waals surface area contributed by atoms with Gasteiger partial charge in [-0.05, 0) is 49.8 Å². The Morgan fingerprint density at radius 2 is 2.00 bits per heavy atom. The van der Waals surface area contributed by atoms with Gasteiger partial charge in [-0.25, -0.2) is 24.1 Å². The van der Waals surface area contributed by atoms with E-state index in [1.165, 1.54) is 6.20 Å². The van der Waals surface area contributed by atoms with Crippen LogP contribution in [0.1, 0.15) is 37.6 Å². The van der Waals surface area contributed by atoms with Crippen LogP contribution in [0.4, 0.5) is 14.9 Å². The summed E-state index contributed by atoms with van der Waals surface area (Å²) >= 11 is 0. The molecule has 1 aromatic carbocycles. The predicted octanol–water partition coefficient (Wildman–Crippen LogP) is 3.71. The molecular weight excluding hydrogens is 397 g/mol. The van der Waals surface area contributed by atoms with Gasteiger partial charge in [0.15, 0.2) is 17.5 Å². The Morgan fingerprint density at radius 1 is 1.19 bits per heavy atom. The summed E-state index contributed by atoms with van der Waals surface area (Å²) in [6.07, 6.45) is 8.04. The van der Waals surface area contributed by atoms with Gasteiger partial charge in [0.1, 0.15) is 5.54 Å². The molecule has 3 atom stereocenters. The number of fused-ring (bicyclic) bond motifs is 2. The van der Waals surface area contributed by atoms with Gasteiger partial charge in [-0.15, -0.1) is 5.10 Å². The van der Waals surface area contributed by atoms with Crippen molar-refractivity contribution >= 4 is 11.7 Å². The quantitative estimate of drug-likeness (QED) is 0.695. The van der Waals surface area contributed by atoms with Gasteiger partial charge in [0.25, 0.3) is 0 Å². The third-order valence-corrected chi connectivity index (χ3v) is 6.23. The number of halogens is 1. The molecule has 1 N–H and O–H groups in total. The van der Waals surface area contributed by atoms with Crippen LogP contribution in [0.2, 0.25) is 0 Å². The van der Waals surface area contributed by atoms with Gasteiger partial charge >= 0.3 is 6.03 Å². The first-order valence-electron chi connectivity index (χ1n) is 10.3. The van der Waals surface area contributed by atoms with Gasteiger partial charge in [-0.3, -0.25) is 0 Å². The first kappa shape index (κ1) is 19.5. The monoisotopic (exact) mass is 419 g/mol. The molecule has 2 saturated heterocycles. The van der Waals surface area contributed by atoms with Crippen LogP contribution in [0, 0.1) is 18.7 Å². The Bertz CT molecular complexity index is 1120. The molecule has 2 fully saturated rings. The fourth-order valence-corrected chi connectivity index (χ4v) is 5.00. The first-order valence-corrected chi connectivity index (χ1v) is 10.3. The van der Waals surface area contributed by atoms with Crippen molar-refractivity contribution in [3.63, 3.8) is 0 Å². The van der Waals surface area contributed by atoms with Crippen molar-refractivity contribution in [2.45, 2.75) is 44.7 Å². The van der Waals surface area contributed by atoms with Crippen LogP contribution in [-0.4, -0.2) is 42.1 Å². The highest BCUT2D eigenvalue weighted by molar-refractivity contribution is 5.92. The van der Waals surface area contributed by atoms with Crippen molar-refractivity contribution in [2.24, 2.45) is 5.92 Å². The summed E-state index contributed by atoms with van der Waals surface area (Å²) in [5, 5.41) is 11.2. The van der Waals surface area contributed by atoms with E-state index in [-0.39, 0.29) is 12.1 Å². The summed E-state index contributed by atoms with van der Waals surface area (Å²) in [5.41, 5.74) is 1.77. The summed E-state index contributed by atoms with van der Waals surface area (Å²) in [4.78, 5) is 27.7. The van der Waals surface area contributed by atoms with Crippen molar-refractivity contribution in [1.82, 2.24) is 30.0 Å². The third kappa shape index (κ3) is 3.30. The van der Waals surface area contributed by atoms with Gasteiger partial charge in [0.05, 0.1) is 18.6 Å². The Kier molecular flexibility index (Phi) is 4.60. The van der Waals surface area contributed by atoms with E-state index >= 15 is 0 Å². The fraction of sp³-hybridized carbons (Fsp3) is 0.364. The third-order valence-electron chi connectivity index (χ3n) is 6.23. The molecule has 0 saturated carbocycles. The second kappa shape index (κ2) is 7.33. The number of nitrogens with zero attached hydrogens (tertiary/aromatic N) is 6. The Hall–Kier alpha value is -3.49. The number of hydrogen-bond acceptors (Lipinski definition) is 6. The maximum Gasteiger partial charge on any atom is 0.322 e. The van der Waals surface area contributed by atoms with E-state index in [9.17, 15) is 9.18 Å². The van der Waals surface area contributed by atoms with Crippen LogP contribution in [0.25, 0.3) is 11.4 Å².